The molecule has 1 fully saturated rings. The number of nitrogens with zero attached hydrogens (tertiary/aromatic N) is 1. The Morgan fingerprint density at radius 3 is 2.83 bits per heavy atom. The quantitative estimate of drug-likeness (QED) is 0.731. The minimum atomic E-state index is -0.439. The topological polar surface area (TPSA) is 88.2 Å². The van der Waals surface area contributed by atoms with Crippen molar-refractivity contribution in [1.82, 2.24) is 10.3 Å². The molecule has 0 radical (unpaired) electrons. The lowest BCUT2D eigenvalue weighted by Crippen LogP contribution is -2.45. The lowest BCUT2D eigenvalue weighted by molar-refractivity contribution is 0.0714. The highest BCUT2D eigenvalue weighted by molar-refractivity contribution is 5.92. The molecule has 0 aliphatic heterocycles. The molecule has 1 aliphatic rings. The van der Waals surface area contributed by atoms with Gasteiger partial charge in [0.25, 0.3) is 5.91 Å². The maximum absolute atomic E-state index is 11.9. The number of aliphatic hydroxyl groups is 1. The number of aromatic nitrogens is 1. The smallest absolute Gasteiger partial charge is 0.270 e. The third kappa shape index (κ3) is 3.05. The van der Waals surface area contributed by atoms with Crippen molar-refractivity contribution in [3.05, 3.63) is 29.6 Å². The van der Waals surface area contributed by atoms with Gasteiger partial charge in [-0.3, -0.25) is 9.78 Å². The molecule has 0 aromatic carbocycles. The fourth-order valence-electron chi connectivity index (χ4n) is 2.20. The lowest BCUT2D eigenvalue weighted by atomic mass is 9.92. The molecule has 5 heteroatoms. The van der Waals surface area contributed by atoms with Crippen LogP contribution in [-0.2, 0) is 6.54 Å². The average Bonchev–Trinajstić information content (AvgIpc) is 2.41. The molecule has 0 unspecified atom stereocenters. The summed E-state index contributed by atoms with van der Waals surface area (Å²) >= 11 is 0. The van der Waals surface area contributed by atoms with Crippen LogP contribution >= 0.6 is 0 Å². The van der Waals surface area contributed by atoms with Crippen molar-refractivity contribution < 1.29 is 9.90 Å². The van der Waals surface area contributed by atoms with Gasteiger partial charge in [0, 0.05) is 12.7 Å². The van der Waals surface area contributed by atoms with E-state index in [0.717, 1.165) is 31.2 Å². The maximum Gasteiger partial charge on any atom is 0.270 e. The maximum atomic E-state index is 11.9. The molecule has 0 spiro atoms. The number of pyridine rings is 1. The molecule has 18 heavy (non-hydrogen) atoms. The summed E-state index contributed by atoms with van der Waals surface area (Å²) in [4.78, 5) is 16.0. The van der Waals surface area contributed by atoms with Crippen LogP contribution in [0.1, 0.15) is 41.7 Å². The first-order valence-corrected chi connectivity index (χ1v) is 6.34. The Labute approximate surface area is 106 Å². The molecule has 1 heterocycles. The third-order valence-electron chi connectivity index (χ3n) is 3.34. The van der Waals surface area contributed by atoms with E-state index in [1.807, 2.05) is 0 Å². The first kappa shape index (κ1) is 13.0. The molecule has 2 atom stereocenters. The molecular formula is C13H19N3O2. The summed E-state index contributed by atoms with van der Waals surface area (Å²) < 4.78 is 0. The van der Waals surface area contributed by atoms with Crippen molar-refractivity contribution in [2.24, 2.45) is 5.73 Å². The summed E-state index contributed by atoms with van der Waals surface area (Å²) in [5.74, 6) is -0.232. The van der Waals surface area contributed by atoms with Crippen LogP contribution in [-0.4, -0.2) is 28.1 Å². The van der Waals surface area contributed by atoms with E-state index in [9.17, 15) is 9.90 Å². The number of nitrogens with one attached hydrogen (secondary N) is 1. The highest BCUT2D eigenvalue weighted by atomic mass is 16.3. The normalized spacial score (nSPS) is 23.7. The number of hydrogen-bond acceptors (Lipinski definition) is 4. The van der Waals surface area contributed by atoms with Gasteiger partial charge in [-0.1, -0.05) is 18.9 Å². The first-order valence-electron chi connectivity index (χ1n) is 6.34. The van der Waals surface area contributed by atoms with E-state index in [-0.39, 0.29) is 11.9 Å². The number of amides is 1. The van der Waals surface area contributed by atoms with Crippen molar-refractivity contribution in [2.45, 2.75) is 44.4 Å². The number of carbonyl (C=O) groups is 1. The van der Waals surface area contributed by atoms with Crippen LogP contribution in [0.3, 0.4) is 0 Å². The van der Waals surface area contributed by atoms with Crippen molar-refractivity contribution in [2.75, 3.05) is 0 Å². The highest BCUT2D eigenvalue weighted by Crippen LogP contribution is 2.18. The first-order chi connectivity index (χ1) is 8.70. The molecular weight excluding hydrogens is 230 g/mol. The second-order valence-electron chi connectivity index (χ2n) is 4.69. The second-order valence-corrected chi connectivity index (χ2v) is 4.69. The summed E-state index contributed by atoms with van der Waals surface area (Å²) in [6, 6.07) is 3.30. The van der Waals surface area contributed by atoms with E-state index in [1.54, 1.807) is 18.3 Å². The molecule has 4 N–H and O–H groups in total. The van der Waals surface area contributed by atoms with Gasteiger partial charge in [0.05, 0.1) is 12.1 Å². The number of hydrogen-bond donors (Lipinski definition) is 3. The molecule has 0 bridgehead atoms. The average molecular weight is 249 g/mol. The molecule has 98 valence electrons. The summed E-state index contributed by atoms with van der Waals surface area (Å²) in [6.45, 7) is 0.413. The molecule has 1 saturated carbocycles. The third-order valence-corrected chi connectivity index (χ3v) is 3.34. The van der Waals surface area contributed by atoms with Crippen LogP contribution in [0.15, 0.2) is 18.3 Å². The Balaban J connectivity index is 1.97. The van der Waals surface area contributed by atoms with E-state index in [2.05, 4.69) is 10.3 Å². The number of nitrogens with two attached hydrogens (primary N) is 1. The zero-order chi connectivity index (χ0) is 13.0. The summed E-state index contributed by atoms with van der Waals surface area (Å²) in [5.41, 5.74) is 6.73. The minimum absolute atomic E-state index is 0.151. The second kappa shape index (κ2) is 5.93. The van der Waals surface area contributed by atoms with E-state index >= 15 is 0 Å². The molecule has 2 rings (SSSR count). The van der Waals surface area contributed by atoms with Crippen molar-refractivity contribution in [3.8, 4) is 0 Å². The minimum Gasteiger partial charge on any atom is -0.391 e. The van der Waals surface area contributed by atoms with Crippen LogP contribution in [0.25, 0.3) is 0 Å². The number of rotatable bonds is 3. The summed E-state index contributed by atoms with van der Waals surface area (Å²) in [5, 5.41) is 12.6. The molecule has 1 amide bonds. The van der Waals surface area contributed by atoms with Gasteiger partial charge in [0.2, 0.25) is 0 Å². The summed E-state index contributed by atoms with van der Waals surface area (Å²) in [7, 11) is 0. The predicted octanol–water partition coefficient (Wildman–Crippen LogP) is 0.574. The van der Waals surface area contributed by atoms with Gasteiger partial charge < -0.3 is 16.2 Å². The van der Waals surface area contributed by atoms with Crippen LogP contribution in [0.4, 0.5) is 0 Å². The van der Waals surface area contributed by atoms with Crippen molar-refractivity contribution in [1.29, 1.82) is 0 Å². The molecule has 0 saturated heterocycles. The number of aliphatic hydroxyl groups excluding tert-OH is 1. The van der Waals surface area contributed by atoms with E-state index in [1.165, 1.54) is 0 Å². The Hall–Kier alpha value is -1.46. The van der Waals surface area contributed by atoms with Gasteiger partial charge in [-0.25, -0.2) is 0 Å². The lowest BCUT2D eigenvalue weighted by Gasteiger charge is -2.28. The largest absolute Gasteiger partial charge is 0.391 e. The monoisotopic (exact) mass is 249 g/mol. The van der Waals surface area contributed by atoms with Crippen LogP contribution in [0, 0.1) is 0 Å². The summed E-state index contributed by atoms with van der Waals surface area (Å²) in [6.07, 6.45) is 4.81. The van der Waals surface area contributed by atoms with Gasteiger partial charge in [0.15, 0.2) is 0 Å². The Bertz CT molecular complexity index is 405. The number of carbonyl (C=O) groups excluding carboxylic acids is 1. The molecule has 1 aromatic rings. The van der Waals surface area contributed by atoms with Gasteiger partial charge in [0.1, 0.15) is 5.69 Å². The van der Waals surface area contributed by atoms with Crippen LogP contribution < -0.4 is 11.1 Å². The van der Waals surface area contributed by atoms with Gasteiger partial charge in [-0.05, 0) is 24.5 Å². The Morgan fingerprint density at radius 1 is 1.44 bits per heavy atom. The van der Waals surface area contributed by atoms with Crippen LogP contribution in [0.5, 0.6) is 0 Å². The van der Waals surface area contributed by atoms with Gasteiger partial charge >= 0.3 is 0 Å². The zero-order valence-corrected chi connectivity index (χ0v) is 10.3. The Morgan fingerprint density at radius 2 is 2.22 bits per heavy atom. The SMILES string of the molecule is NCc1ccc(C(=O)N[C@@H]2CCCC[C@H]2O)nc1. The van der Waals surface area contributed by atoms with E-state index < -0.39 is 6.10 Å². The van der Waals surface area contributed by atoms with Gasteiger partial charge in [-0.15, -0.1) is 0 Å². The standard InChI is InChI=1S/C13H19N3O2/c14-7-9-5-6-11(15-8-9)13(18)16-10-3-1-2-4-12(10)17/h5-6,8,10,12,17H,1-4,7,14H2,(H,16,18)/t10-,12-/m1/s1. The zero-order valence-electron chi connectivity index (χ0n) is 10.3. The predicted molar refractivity (Wildman–Crippen MR) is 67.9 cm³/mol. The van der Waals surface area contributed by atoms with E-state index in [4.69, 9.17) is 5.73 Å². The molecule has 1 aromatic heterocycles. The molecule has 5 nitrogen and oxygen atoms in total. The van der Waals surface area contributed by atoms with E-state index in [0.29, 0.717) is 12.2 Å². The van der Waals surface area contributed by atoms with Crippen LogP contribution in [0.2, 0.25) is 0 Å². The van der Waals surface area contributed by atoms with Gasteiger partial charge in [-0.2, -0.15) is 0 Å². The van der Waals surface area contributed by atoms with Crippen molar-refractivity contribution >= 4 is 5.91 Å². The fourth-order valence-corrected chi connectivity index (χ4v) is 2.20. The fraction of sp³-hybridized carbons (Fsp3) is 0.538. The van der Waals surface area contributed by atoms with Crippen molar-refractivity contribution in [3.63, 3.8) is 0 Å². The highest BCUT2D eigenvalue weighted by Gasteiger charge is 2.25. The Kier molecular flexibility index (Phi) is 4.28. The molecule has 1 aliphatic carbocycles.